The number of ether oxygens (including phenoxy) is 1. The van der Waals surface area contributed by atoms with Crippen LogP contribution in [0.4, 0.5) is 5.69 Å². The molecule has 1 unspecified atom stereocenters. The highest BCUT2D eigenvalue weighted by Gasteiger charge is 2.36. The van der Waals surface area contributed by atoms with Crippen LogP contribution >= 0.6 is 46.4 Å². The summed E-state index contributed by atoms with van der Waals surface area (Å²) in [6.07, 6.45) is 1.22. The van der Waals surface area contributed by atoms with Gasteiger partial charge in [0.2, 0.25) is 5.91 Å². The number of methoxy groups -OCH3 is 1. The second kappa shape index (κ2) is 8.78. The Bertz CT molecular complexity index is 936. The lowest BCUT2D eigenvalue weighted by atomic mass is 10.1. The number of halogens is 4. The predicted molar refractivity (Wildman–Crippen MR) is 112 cm³/mol. The maximum absolute atomic E-state index is 13.1. The summed E-state index contributed by atoms with van der Waals surface area (Å²) in [5.74, 6) is -0.280. The van der Waals surface area contributed by atoms with E-state index >= 15 is 0 Å². The normalized spacial score (nSPS) is 16.2. The quantitative estimate of drug-likeness (QED) is 0.607. The molecule has 0 radical (unpaired) electrons. The Hall–Kier alpha value is -1.66. The molecule has 1 atom stereocenters. The van der Waals surface area contributed by atoms with Gasteiger partial charge in [0.05, 0.1) is 33.4 Å². The largest absolute Gasteiger partial charge is 0.496 e. The van der Waals surface area contributed by atoms with Gasteiger partial charge < -0.3 is 15.0 Å². The Morgan fingerprint density at radius 2 is 1.79 bits per heavy atom. The fourth-order valence-corrected chi connectivity index (χ4v) is 3.88. The highest BCUT2D eigenvalue weighted by atomic mass is 35.5. The number of benzene rings is 2. The zero-order valence-corrected chi connectivity index (χ0v) is 17.8. The average Bonchev–Trinajstić information content (AvgIpc) is 3.15. The molecule has 3 rings (SSSR count). The van der Waals surface area contributed by atoms with Crippen molar-refractivity contribution in [2.24, 2.45) is 0 Å². The monoisotopic (exact) mass is 460 g/mol. The van der Waals surface area contributed by atoms with Crippen LogP contribution < -0.4 is 10.1 Å². The molecule has 1 fully saturated rings. The van der Waals surface area contributed by atoms with Crippen molar-refractivity contribution in [3.8, 4) is 5.75 Å². The summed E-state index contributed by atoms with van der Waals surface area (Å²) in [7, 11) is 1.47. The molecule has 1 aliphatic rings. The van der Waals surface area contributed by atoms with Crippen LogP contribution in [0, 0.1) is 0 Å². The number of amides is 2. The van der Waals surface area contributed by atoms with Crippen molar-refractivity contribution in [2.45, 2.75) is 18.9 Å². The molecule has 2 aromatic carbocycles. The lowest BCUT2D eigenvalue weighted by molar-refractivity contribution is -0.119. The van der Waals surface area contributed by atoms with Gasteiger partial charge in [-0.1, -0.05) is 46.4 Å². The molecular formula is C19H16Cl4N2O3. The van der Waals surface area contributed by atoms with Crippen molar-refractivity contribution >= 4 is 63.9 Å². The van der Waals surface area contributed by atoms with Crippen LogP contribution in [0.15, 0.2) is 30.3 Å². The molecule has 1 saturated heterocycles. The number of nitrogens with zero attached hydrogens (tertiary/aromatic N) is 1. The highest BCUT2D eigenvalue weighted by molar-refractivity contribution is 6.44. The SMILES string of the molecule is COc1ccc(Cl)cc1C(=O)N1CCCC1C(=O)Nc1cc(Cl)c(Cl)cc1Cl. The Morgan fingerprint density at radius 3 is 2.50 bits per heavy atom. The molecule has 28 heavy (non-hydrogen) atoms. The highest BCUT2D eigenvalue weighted by Crippen LogP contribution is 2.33. The summed E-state index contributed by atoms with van der Waals surface area (Å²) >= 11 is 24.1. The van der Waals surface area contributed by atoms with Crippen LogP contribution in [0.25, 0.3) is 0 Å². The van der Waals surface area contributed by atoms with Crippen molar-refractivity contribution in [3.05, 3.63) is 56.0 Å². The number of rotatable bonds is 4. The topological polar surface area (TPSA) is 58.6 Å². The summed E-state index contributed by atoms with van der Waals surface area (Å²) in [6.45, 7) is 0.446. The van der Waals surface area contributed by atoms with E-state index in [0.717, 1.165) is 0 Å². The van der Waals surface area contributed by atoms with Gasteiger partial charge in [0.15, 0.2) is 0 Å². The van der Waals surface area contributed by atoms with Gasteiger partial charge in [-0.2, -0.15) is 0 Å². The molecule has 2 aromatic rings. The molecule has 5 nitrogen and oxygen atoms in total. The summed E-state index contributed by atoms with van der Waals surface area (Å²) in [6, 6.07) is 7.07. The molecule has 0 bridgehead atoms. The van der Waals surface area contributed by atoms with Crippen LogP contribution in [-0.2, 0) is 4.79 Å². The molecule has 2 amide bonds. The minimum Gasteiger partial charge on any atom is -0.496 e. The first-order valence-electron chi connectivity index (χ1n) is 8.41. The van der Waals surface area contributed by atoms with Gasteiger partial charge in [0.1, 0.15) is 11.8 Å². The number of carbonyl (C=O) groups is 2. The fraction of sp³-hybridized carbons (Fsp3) is 0.263. The van der Waals surface area contributed by atoms with Gasteiger partial charge in [0, 0.05) is 11.6 Å². The van der Waals surface area contributed by atoms with Gasteiger partial charge in [-0.05, 0) is 43.2 Å². The van der Waals surface area contributed by atoms with Gasteiger partial charge in [-0.15, -0.1) is 0 Å². The van der Waals surface area contributed by atoms with E-state index in [0.29, 0.717) is 41.4 Å². The minimum atomic E-state index is -0.651. The lowest BCUT2D eigenvalue weighted by Crippen LogP contribution is -2.43. The molecule has 1 N–H and O–H groups in total. The number of anilines is 1. The van der Waals surface area contributed by atoms with Crippen molar-refractivity contribution in [2.75, 3.05) is 19.0 Å². The molecule has 1 heterocycles. The number of nitrogens with one attached hydrogen (secondary N) is 1. The van der Waals surface area contributed by atoms with Crippen LogP contribution in [0.2, 0.25) is 20.1 Å². The van der Waals surface area contributed by atoms with Crippen molar-refractivity contribution in [1.29, 1.82) is 0 Å². The second-order valence-electron chi connectivity index (χ2n) is 6.24. The molecule has 0 saturated carbocycles. The third-order valence-electron chi connectivity index (χ3n) is 4.48. The van der Waals surface area contributed by atoms with E-state index in [1.807, 2.05) is 0 Å². The maximum atomic E-state index is 13.1. The van der Waals surface area contributed by atoms with E-state index < -0.39 is 6.04 Å². The van der Waals surface area contributed by atoms with Crippen LogP contribution in [0.5, 0.6) is 5.75 Å². The lowest BCUT2D eigenvalue weighted by Gasteiger charge is -2.25. The summed E-state index contributed by atoms with van der Waals surface area (Å²) in [4.78, 5) is 27.4. The van der Waals surface area contributed by atoms with Gasteiger partial charge in [-0.3, -0.25) is 9.59 Å². The molecule has 0 spiro atoms. The van der Waals surface area contributed by atoms with E-state index in [1.54, 1.807) is 12.1 Å². The van der Waals surface area contributed by atoms with E-state index in [9.17, 15) is 9.59 Å². The summed E-state index contributed by atoms with van der Waals surface area (Å²) < 4.78 is 5.26. The van der Waals surface area contributed by atoms with Gasteiger partial charge >= 0.3 is 0 Å². The smallest absolute Gasteiger partial charge is 0.258 e. The number of carbonyl (C=O) groups excluding carboxylic acids is 2. The first kappa shape index (κ1) is 21.1. The zero-order chi connectivity index (χ0) is 20.4. The summed E-state index contributed by atoms with van der Waals surface area (Å²) in [5, 5.41) is 3.96. The maximum Gasteiger partial charge on any atom is 0.258 e. The standard InChI is InChI=1S/C19H16Cl4N2O3/c1-28-17-5-4-10(20)7-11(17)19(27)25-6-2-3-16(25)18(26)24-15-9-13(22)12(21)8-14(15)23/h4-5,7-9,16H,2-3,6H2,1H3,(H,24,26). The Labute approximate surface area is 182 Å². The van der Waals surface area contributed by atoms with E-state index in [2.05, 4.69) is 5.32 Å². The molecule has 0 aromatic heterocycles. The van der Waals surface area contributed by atoms with Crippen molar-refractivity contribution in [3.63, 3.8) is 0 Å². The second-order valence-corrected chi connectivity index (χ2v) is 7.89. The van der Waals surface area contributed by atoms with Crippen molar-refractivity contribution < 1.29 is 14.3 Å². The van der Waals surface area contributed by atoms with Crippen LogP contribution in [-0.4, -0.2) is 36.4 Å². The Morgan fingerprint density at radius 1 is 1.07 bits per heavy atom. The first-order valence-corrected chi connectivity index (χ1v) is 9.93. The van der Waals surface area contributed by atoms with Crippen molar-refractivity contribution in [1.82, 2.24) is 4.90 Å². The van der Waals surface area contributed by atoms with E-state index in [1.165, 1.54) is 30.2 Å². The average molecular weight is 462 g/mol. The molecule has 0 aliphatic carbocycles. The van der Waals surface area contributed by atoms with Crippen LogP contribution in [0.1, 0.15) is 23.2 Å². The summed E-state index contributed by atoms with van der Waals surface area (Å²) in [5.41, 5.74) is 0.642. The minimum absolute atomic E-state index is 0.259. The Kier molecular flexibility index (Phi) is 6.61. The molecular weight excluding hydrogens is 446 g/mol. The fourth-order valence-electron chi connectivity index (χ4n) is 3.12. The first-order chi connectivity index (χ1) is 13.3. The molecule has 1 aliphatic heterocycles. The van der Waals surface area contributed by atoms with Gasteiger partial charge in [0.25, 0.3) is 5.91 Å². The van der Waals surface area contributed by atoms with Gasteiger partial charge in [-0.25, -0.2) is 0 Å². The molecule has 148 valence electrons. The zero-order valence-electron chi connectivity index (χ0n) is 14.8. The van der Waals surface area contributed by atoms with E-state index in [-0.39, 0.29) is 26.9 Å². The number of hydrogen-bond donors (Lipinski definition) is 1. The Balaban J connectivity index is 1.83. The number of likely N-dealkylation sites (tertiary alicyclic amines) is 1. The van der Waals surface area contributed by atoms with E-state index in [4.69, 9.17) is 51.1 Å². The van der Waals surface area contributed by atoms with Crippen LogP contribution in [0.3, 0.4) is 0 Å². The third-order valence-corrected chi connectivity index (χ3v) is 5.75. The number of hydrogen-bond acceptors (Lipinski definition) is 3. The molecule has 9 heteroatoms. The predicted octanol–water partition coefficient (Wildman–Crippen LogP) is 5.55. The third kappa shape index (κ3) is 4.33.